The van der Waals surface area contributed by atoms with Gasteiger partial charge in [-0.25, -0.2) is 0 Å². The summed E-state index contributed by atoms with van der Waals surface area (Å²) in [7, 11) is 0. The van der Waals surface area contributed by atoms with Crippen LogP contribution in [0.1, 0.15) is 18.9 Å². The van der Waals surface area contributed by atoms with Crippen molar-refractivity contribution in [2.45, 2.75) is 20.0 Å². The van der Waals surface area contributed by atoms with Crippen molar-refractivity contribution in [1.82, 2.24) is 0 Å². The average molecular weight is 200 g/mol. The summed E-state index contributed by atoms with van der Waals surface area (Å²) < 4.78 is 5.36. The zero-order valence-electron chi connectivity index (χ0n) is 7.72. The van der Waals surface area contributed by atoms with Crippen LogP contribution in [0.2, 0.25) is 5.02 Å². The van der Waals surface area contributed by atoms with Crippen molar-refractivity contribution >= 4 is 17.3 Å². The Morgan fingerprint density at radius 2 is 2.23 bits per heavy atom. The van der Waals surface area contributed by atoms with Gasteiger partial charge in [-0.15, -0.1) is 0 Å². The molecule has 0 bridgehead atoms. The van der Waals surface area contributed by atoms with Gasteiger partial charge in [0.1, 0.15) is 0 Å². The highest BCUT2D eigenvalue weighted by Crippen LogP contribution is 2.19. The minimum absolute atomic E-state index is 0.562. The molecule has 0 spiro atoms. The largest absolute Gasteiger partial charge is 0.399 e. The number of anilines is 1. The Labute approximate surface area is 83.6 Å². The zero-order chi connectivity index (χ0) is 9.68. The van der Waals surface area contributed by atoms with Crippen LogP contribution < -0.4 is 5.73 Å². The second-order valence-electron chi connectivity index (χ2n) is 2.90. The van der Waals surface area contributed by atoms with E-state index in [0.29, 0.717) is 17.3 Å². The smallest absolute Gasteiger partial charge is 0.0731 e. The first-order valence-corrected chi connectivity index (χ1v) is 4.73. The van der Waals surface area contributed by atoms with Gasteiger partial charge in [0.25, 0.3) is 0 Å². The van der Waals surface area contributed by atoms with E-state index in [-0.39, 0.29) is 0 Å². The molecule has 0 fully saturated rings. The lowest BCUT2D eigenvalue weighted by Crippen LogP contribution is -1.95. The lowest BCUT2D eigenvalue weighted by molar-refractivity contribution is 0.121. The van der Waals surface area contributed by atoms with Crippen LogP contribution in [0.25, 0.3) is 0 Å². The molecular weight excluding hydrogens is 186 g/mol. The fraction of sp³-hybridized carbons (Fsp3) is 0.400. The molecule has 1 aromatic rings. The first-order valence-electron chi connectivity index (χ1n) is 4.35. The summed E-state index contributed by atoms with van der Waals surface area (Å²) in [5.41, 5.74) is 7.23. The van der Waals surface area contributed by atoms with E-state index in [9.17, 15) is 0 Å². The summed E-state index contributed by atoms with van der Waals surface area (Å²) >= 11 is 5.95. The number of ether oxygens (including phenoxy) is 1. The molecule has 0 aromatic heterocycles. The van der Waals surface area contributed by atoms with Crippen molar-refractivity contribution in [3.8, 4) is 0 Å². The van der Waals surface area contributed by atoms with E-state index in [0.717, 1.165) is 18.6 Å². The van der Waals surface area contributed by atoms with Gasteiger partial charge in [-0.2, -0.15) is 0 Å². The minimum Gasteiger partial charge on any atom is -0.399 e. The maximum atomic E-state index is 5.95. The molecular formula is C10H14ClNO. The van der Waals surface area contributed by atoms with E-state index in [1.807, 2.05) is 12.1 Å². The maximum absolute atomic E-state index is 5.95. The Morgan fingerprint density at radius 3 is 2.85 bits per heavy atom. The van der Waals surface area contributed by atoms with Crippen molar-refractivity contribution in [3.63, 3.8) is 0 Å². The third kappa shape index (κ3) is 3.25. The summed E-state index contributed by atoms with van der Waals surface area (Å²) in [5.74, 6) is 0. The van der Waals surface area contributed by atoms with Gasteiger partial charge < -0.3 is 10.5 Å². The van der Waals surface area contributed by atoms with Gasteiger partial charge in [0.15, 0.2) is 0 Å². The van der Waals surface area contributed by atoms with Crippen molar-refractivity contribution in [3.05, 3.63) is 28.8 Å². The van der Waals surface area contributed by atoms with E-state index in [1.165, 1.54) is 0 Å². The van der Waals surface area contributed by atoms with Crippen LogP contribution in [0.15, 0.2) is 18.2 Å². The molecule has 1 rings (SSSR count). The Morgan fingerprint density at radius 1 is 1.46 bits per heavy atom. The molecule has 2 N–H and O–H groups in total. The number of hydrogen-bond donors (Lipinski definition) is 1. The molecule has 72 valence electrons. The number of hydrogen-bond acceptors (Lipinski definition) is 2. The van der Waals surface area contributed by atoms with Crippen LogP contribution in [0.4, 0.5) is 5.69 Å². The van der Waals surface area contributed by atoms with Crippen LogP contribution in [0, 0.1) is 0 Å². The molecule has 2 nitrogen and oxygen atoms in total. The second-order valence-corrected chi connectivity index (χ2v) is 3.31. The Kier molecular flexibility index (Phi) is 4.06. The molecule has 0 amide bonds. The third-order valence-electron chi connectivity index (χ3n) is 1.68. The summed E-state index contributed by atoms with van der Waals surface area (Å²) in [6, 6.07) is 5.47. The van der Waals surface area contributed by atoms with Crippen LogP contribution in [0.5, 0.6) is 0 Å². The Hall–Kier alpha value is -0.730. The standard InChI is InChI=1S/C10H14ClNO/c1-2-5-13-7-8-3-4-9(12)6-10(8)11/h3-4,6H,2,5,7,12H2,1H3. The van der Waals surface area contributed by atoms with Gasteiger partial charge in [-0.3, -0.25) is 0 Å². The minimum atomic E-state index is 0.562. The summed E-state index contributed by atoms with van der Waals surface area (Å²) in [4.78, 5) is 0. The van der Waals surface area contributed by atoms with Gasteiger partial charge in [0.2, 0.25) is 0 Å². The molecule has 0 saturated carbocycles. The lowest BCUT2D eigenvalue weighted by atomic mass is 10.2. The molecule has 0 saturated heterocycles. The normalized spacial score (nSPS) is 10.3. The third-order valence-corrected chi connectivity index (χ3v) is 2.03. The quantitative estimate of drug-likeness (QED) is 0.598. The molecule has 0 aliphatic carbocycles. The maximum Gasteiger partial charge on any atom is 0.0731 e. The van der Waals surface area contributed by atoms with E-state index in [1.54, 1.807) is 6.07 Å². The molecule has 0 heterocycles. The molecule has 0 radical (unpaired) electrons. The van der Waals surface area contributed by atoms with Crippen molar-refractivity contribution in [2.24, 2.45) is 0 Å². The molecule has 0 aliphatic heterocycles. The van der Waals surface area contributed by atoms with Crippen molar-refractivity contribution in [2.75, 3.05) is 12.3 Å². The molecule has 13 heavy (non-hydrogen) atoms. The first kappa shape index (κ1) is 10.4. The topological polar surface area (TPSA) is 35.2 Å². The van der Waals surface area contributed by atoms with Crippen molar-refractivity contribution in [1.29, 1.82) is 0 Å². The van der Waals surface area contributed by atoms with Gasteiger partial charge >= 0.3 is 0 Å². The van der Waals surface area contributed by atoms with Crippen LogP contribution >= 0.6 is 11.6 Å². The number of rotatable bonds is 4. The van der Waals surface area contributed by atoms with Crippen LogP contribution in [-0.2, 0) is 11.3 Å². The lowest BCUT2D eigenvalue weighted by Gasteiger charge is -2.05. The average Bonchev–Trinajstić information content (AvgIpc) is 2.09. The van der Waals surface area contributed by atoms with Gasteiger partial charge in [-0.1, -0.05) is 24.6 Å². The number of nitrogens with two attached hydrogens (primary N) is 1. The summed E-state index contributed by atoms with van der Waals surface area (Å²) in [5, 5.41) is 0.677. The molecule has 0 aliphatic rings. The highest BCUT2D eigenvalue weighted by atomic mass is 35.5. The van der Waals surface area contributed by atoms with Gasteiger partial charge in [0, 0.05) is 17.3 Å². The monoisotopic (exact) mass is 199 g/mol. The second kappa shape index (κ2) is 5.10. The van der Waals surface area contributed by atoms with Gasteiger partial charge in [-0.05, 0) is 24.1 Å². The molecule has 0 unspecified atom stereocenters. The van der Waals surface area contributed by atoms with Crippen LogP contribution in [0.3, 0.4) is 0 Å². The van der Waals surface area contributed by atoms with E-state index in [4.69, 9.17) is 22.1 Å². The van der Waals surface area contributed by atoms with Gasteiger partial charge in [0.05, 0.1) is 6.61 Å². The summed E-state index contributed by atoms with van der Waals surface area (Å²) in [6.07, 6.45) is 1.02. The predicted molar refractivity (Wildman–Crippen MR) is 55.8 cm³/mol. The number of benzene rings is 1. The molecule has 3 heteroatoms. The predicted octanol–water partition coefficient (Wildman–Crippen LogP) is 2.85. The highest BCUT2D eigenvalue weighted by Gasteiger charge is 1.99. The van der Waals surface area contributed by atoms with Crippen LogP contribution in [-0.4, -0.2) is 6.61 Å². The molecule has 0 atom stereocenters. The Bertz CT molecular complexity index is 276. The fourth-order valence-electron chi connectivity index (χ4n) is 1.01. The highest BCUT2D eigenvalue weighted by molar-refractivity contribution is 6.31. The first-order chi connectivity index (χ1) is 6.24. The number of nitrogen functional groups attached to an aromatic ring is 1. The van der Waals surface area contributed by atoms with Crippen molar-refractivity contribution < 1.29 is 4.74 Å². The Balaban J connectivity index is 2.56. The van der Waals surface area contributed by atoms with E-state index >= 15 is 0 Å². The fourth-order valence-corrected chi connectivity index (χ4v) is 1.25. The number of halogens is 1. The zero-order valence-corrected chi connectivity index (χ0v) is 8.47. The summed E-state index contributed by atoms with van der Waals surface area (Å²) in [6.45, 7) is 3.40. The van der Waals surface area contributed by atoms with E-state index < -0.39 is 0 Å². The van der Waals surface area contributed by atoms with E-state index in [2.05, 4.69) is 6.92 Å². The molecule has 1 aromatic carbocycles. The SMILES string of the molecule is CCCOCc1ccc(N)cc1Cl.